The number of aryl methyl sites for hydroxylation is 1. The van der Waals surface area contributed by atoms with Crippen LogP contribution in [-0.2, 0) is 11.2 Å². The predicted octanol–water partition coefficient (Wildman–Crippen LogP) is 2.64. The number of ether oxygens (including phenoxy) is 1. The van der Waals surface area contributed by atoms with Crippen molar-refractivity contribution in [3.8, 4) is 0 Å². The molecule has 2 heterocycles. The van der Waals surface area contributed by atoms with Gasteiger partial charge >= 0.3 is 0 Å². The van der Waals surface area contributed by atoms with Crippen LogP contribution in [0.2, 0.25) is 0 Å². The van der Waals surface area contributed by atoms with E-state index in [4.69, 9.17) is 4.74 Å². The fraction of sp³-hybridized carbons (Fsp3) is 0.500. The third-order valence-corrected chi connectivity index (χ3v) is 4.17. The van der Waals surface area contributed by atoms with Crippen molar-refractivity contribution in [1.82, 2.24) is 20.1 Å². The smallest absolute Gasteiger partial charge is 0.180 e. The van der Waals surface area contributed by atoms with Crippen LogP contribution >= 0.6 is 0 Å². The first-order valence-corrected chi connectivity index (χ1v) is 7.70. The molecule has 6 heteroatoms. The Kier molecular flexibility index (Phi) is 4.49. The number of nitrogens with zero attached hydrogens (tertiary/aromatic N) is 3. The summed E-state index contributed by atoms with van der Waals surface area (Å²) in [4.78, 5) is 6.66. The highest BCUT2D eigenvalue weighted by Gasteiger charge is 2.29. The third-order valence-electron chi connectivity index (χ3n) is 4.17. The molecule has 1 fully saturated rings. The van der Waals surface area contributed by atoms with E-state index in [1.54, 1.807) is 6.07 Å². The van der Waals surface area contributed by atoms with Gasteiger partial charge in [-0.15, -0.1) is 0 Å². The predicted molar refractivity (Wildman–Crippen MR) is 80.8 cm³/mol. The Bertz CT molecular complexity index is 630. The molecule has 1 aliphatic heterocycles. The van der Waals surface area contributed by atoms with Crippen LogP contribution in [0, 0.1) is 5.82 Å². The lowest BCUT2D eigenvalue weighted by molar-refractivity contribution is -0.0474. The molecule has 1 N–H and O–H groups in total. The average Bonchev–Trinajstić information content (AvgIpc) is 3.04. The van der Waals surface area contributed by atoms with Gasteiger partial charge in [-0.1, -0.05) is 25.1 Å². The summed E-state index contributed by atoms with van der Waals surface area (Å²) in [6.45, 7) is 6.09. The van der Waals surface area contributed by atoms with E-state index in [1.807, 2.05) is 26.0 Å². The summed E-state index contributed by atoms with van der Waals surface area (Å²) in [7, 11) is 0. The van der Waals surface area contributed by atoms with E-state index < -0.39 is 0 Å². The number of halogens is 1. The number of aromatic nitrogens is 3. The highest BCUT2D eigenvalue weighted by atomic mass is 19.1. The number of aromatic amines is 1. The molecule has 0 amide bonds. The van der Waals surface area contributed by atoms with Gasteiger partial charge in [0.2, 0.25) is 0 Å². The molecule has 1 saturated heterocycles. The van der Waals surface area contributed by atoms with Crippen molar-refractivity contribution in [2.24, 2.45) is 0 Å². The molecule has 0 bridgehead atoms. The van der Waals surface area contributed by atoms with Crippen LogP contribution in [0.4, 0.5) is 4.39 Å². The van der Waals surface area contributed by atoms with Crippen molar-refractivity contribution in [3.63, 3.8) is 0 Å². The van der Waals surface area contributed by atoms with Crippen molar-refractivity contribution in [2.75, 3.05) is 19.7 Å². The maximum Gasteiger partial charge on any atom is 0.180 e. The Balaban J connectivity index is 1.74. The van der Waals surface area contributed by atoms with Crippen molar-refractivity contribution in [1.29, 1.82) is 0 Å². The molecule has 0 spiro atoms. The van der Waals surface area contributed by atoms with Gasteiger partial charge in [0.05, 0.1) is 6.61 Å². The molecule has 0 aliphatic carbocycles. The lowest BCUT2D eigenvalue weighted by atomic mass is 10.1. The standard InChI is InChI=1S/C16H21FN4O/c1-3-15-18-16(20-19-15)14-10-21(8-9-22-14)11(2)12-6-4-5-7-13(12)17/h4-7,11,14H,3,8-10H2,1-2H3,(H,18,19,20)/t11-,14+/m0/s1. The summed E-state index contributed by atoms with van der Waals surface area (Å²) < 4.78 is 19.8. The third kappa shape index (κ3) is 3.03. The maximum absolute atomic E-state index is 14.0. The van der Waals surface area contributed by atoms with Gasteiger partial charge in [-0.3, -0.25) is 10.00 Å². The number of H-pyrrole nitrogens is 1. The van der Waals surface area contributed by atoms with Gasteiger partial charge in [-0.25, -0.2) is 9.37 Å². The van der Waals surface area contributed by atoms with Crippen LogP contribution in [0.3, 0.4) is 0 Å². The fourth-order valence-electron chi connectivity index (χ4n) is 2.80. The maximum atomic E-state index is 14.0. The minimum atomic E-state index is -0.167. The normalized spacial score (nSPS) is 21.0. The molecular formula is C16H21FN4O. The summed E-state index contributed by atoms with van der Waals surface area (Å²) in [5.41, 5.74) is 0.715. The van der Waals surface area contributed by atoms with Crippen molar-refractivity contribution in [3.05, 3.63) is 47.3 Å². The quantitative estimate of drug-likeness (QED) is 0.943. The molecule has 0 radical (unpaired) electrons. The van der Waals surface area contributed by atoms with Crippen LogP contribution in [0.25, 0.3) is 0 Å². The Hall–Kier alpha value is -1.79. The van der Waals surface area contributed by atoms with Crippen molar-refractivity contribution < 1.29 is 9.13 Å². The van der Waals surface area contributed by atoms with Gasteiger partial charge in [-0.05, 0) is 13.0 Å². The minimum absolute atomic E-state index is 0.00260. The van der Waals surface area contributed by atoms with Crippen LogP contribution in [0.15, 0.2) is 24.3 Å². The number of benzene rings is 1. The zero-order valence-corrected chi connectivity index (χ0v) is 12.9. The van der Waals surface area contributed by atoms with E-state index in [1.165, 1.54) is 6.07 Å². The summed E-state index contributed by atoms with van der Waals surface area (Å²) in [6.07, 6.45) is 0.647. The Morgan fingerprint density at radius 3 is 3.00 bits per heavy atom. The first-order valence-electron chi connectivity index (χ1n) is 7.70. The molecule has 5 nitrogen and oxygen atoms in total. The molecule has 1 aliphatic rings. The fourth-order valence-corrected chi connectivity index (χ4v) is 2.80. The zero-order chi connectivity index (χ0) is 15.5. The van der Waals surface area contributed by atoms with E-state index in [0.717, 1.165) is 18.8 Å². The molecule has 0 saturated carbocycles. The minimum Gasteiger partial charge on any atom is -0.367 e. The van der Waals surface area contributed by atoms with Gasteiger partial charge in [0.15, 0.2) is 5.82 Å². The SMILES string of the molecule is CCc1nc([C@H]2CN([C@@H](C)c3ccccc3F)CCO2)n[nH]1. The first-order chi connectivity index (χ1) is 10.7. The lowest BCUT2D eigenvalue weighted by Gasteiger charge is -2.36. The summed E-state index contributed by atoms with van der Waals surface area (Å²) in [6, 6.07) is 6.93. The molecule has 3 rings (SSSR count). The van der Waals surface area contributed by atoms with E-state index >= 15 is 0 Å². The molecule has 118 valence electrons. The average molecular weight is 304 g/mol. The zero-order valence-electron chi connectivity index (χ0n) is 12.9. The van der Waals surface area contributed by atoms with Crippen LogP contribution in [0.5, 0.6) is 0 Å². The van der Waals surface area contributed by atoms with E-state index in [-0.39, 0.29) is 18.0 Å². The van der Waals surface area contributed by atoms with Gasteiger partial charge in [0.25, 0.3) is 0 Å². The highest BCUT2D eigenvalue weighted by Crippen LogP contribution is 2.28. The number of hydrogen-bond acceptors (Lipinski definition) is 4. The highest BCUT2D eigenvalue weighted by molar-refractivity contribution is 5.21. The summed E-state index contributed by atoms with van der Waals surface area (Å²) in [5.74, 6) is 1.38. The topological polar surface area (TPSA) is 54.0 Å². The van der Waals surface area contributed by atoms with E-state index in [9.17, 15) is 4.39 Å². The first kappa shape index (κ1) is 15.1. The molecular weight excluding hydrogens is 283 g/mol. The second kappa shape index (κ2) is 6.54. The van der Waals surface area contributed by atoms with Crippen LogP contribution in [0.1, 0.15) is 43.2 Å². The van der Waals surface area contributed by atoms with Crippen LogP contribution < -0.4 is 0 Å². The molecule has 2 atom stereocenters. The number of morpholine rings is 1. The Morgan fingerprint density at radius 2 is 2.27 bits per heavy atom. The second-order valence-corrected chi connectivity index (χ2v) is 5.55. The second-order valence-electron chi connectivity index (χ2n) is 5.55. The summed E-state index contributed by atoms with van der Waals surface area (Å²) >= 11 is 0. The number of nitrogens with one attached hydrogen (secondary N) is 1. The molecule has 2 aromatic rings. The van der Waals surface area contributed by atoms with Gasteiger partial charge in [-0.2, -0.15) is 5.10 Å². The number of hydrogen-bond donors (Lipinski definition) is 1. The monoisotopic (exact) mass is 304 g/mol. The molecule has 22 heavy (non-hydrogen) atoms. The van der Waals surface area contributed by atoms with Crippen molar-refractivity contribution >= 4 is 0 Å². The molecule has 1 aromatic carbocycles. The Morgan fingerprint density at radius 1 is 1.45 bits per heavy atom. The number of rotatable bonds is 4. The van der Waals surface area contributed by atoms with Gasteiger partial charge in [0.1, 0.15) is 17.7 Å². The Labute approximate surface area is 129 Å². The largest absolute Gasteiger partial charge is 0.367 e. The summed E-state index contributed by atoms with van der Waals surface area (Å²) in [5, 5.41) is 7.15. The molecule has 1 aromatic heterocycles. The van der Waals surface area contributed by atoms with Gasteiger partial charge < -0.3 is 4.74 Å². The van der Waals surface area contributed by atoms with E-state index in [0.29, 0.717) is 24.5 Å². The lowest BCUT2D eigenvalue weighted by Crippen LogP contribution is -2.40. The van der Waals surface area contributed by atoms with Crippen LogP contribution in [-0.4, -0.2) is 39.8 Å². The van der Waals surface area contributed by atoms with Crippen molar-refractivity contribution in [2.45, 2.75) is 32.4 Å². The van der Waals surface area contributed by atoms with E-state index in [2.05, 4.69) is 20.1 Å². The van der Waals surface area contributed by atoms with Gasteiger partial charge in [0, 0.05) is 31.1 Å². The molecule has 0 unspecified atom stereocenters.